The van der Waals surface area contributed by atoms with E-state index in [1.54, 1.807) is 0 Å². The van der Waals surface area contributed by atoms with Gasteiger partial charge in [-0.25, -0.2) is 4.98 Å². The number of anilines is 1. The number of carbonyl (C=O) groups is 1. The molecule has 24 heavy (non-hydrogen) atoms. The molecule has 1 aliphatic rings. The number of amides is 1. The molecule has 0 spiro atoms. The Labute approximate surface area is 147 Å². The van der Waals surface area contributed by atoms with Crippen LogP contribution in [0, 0.1) is 13.8 Å². The number of rotatable bonds is 5. The first kappa shape index (κ1) is 17.0. The molecule has 128 valence electrons. The molecule has 5 heteroatoms. The van der Waals surface area contributed by atoms with Crippen LogP contribution in [0.25, 0.3) is 0 Å². The van der Waals surface area contributed by atoms with Gasteiger partial charge < -0.3 is 10.6 Å². The number of thiazole rings is 1. The van der Waals surface area contributed by atoms with Crippen molar-refractivity contribution < 1.29 is 4.79 Å². The van der Waals surface area contributed by atoms with Crippen molar-refractivity contribution in [2.24, 2.45) is 0 Å². The van der Waals surface area contributed by atoms with Crippen LogP contribution in [0.15, 0.2) is 24.3 Å². The van der Waals surface area contributed by atoms with E-state index in [2.05, 4.69) is 28.6 Å². The molecule has 1 aromatic heterocycles. The highest BCUT2D eigenvalue weighted by molar-refractivity contribution is 7.17. The van der Waals surface area contributed by atoms with Crippen LogP contribution < -0.4 is 10.6 Å². The van der Waals surface area contributed by atoms with E-state index in [0.717, 1.165) is 16.4 Å². The average Bonchev–Trinajstić information content (AvgIpc) is 2.95. The fourth-order valence-electron chi connectivity index (χ4n) is 3.15. The van der Waals surface area contributed by atoms with Crippen molar-refractivity contribution in [1.82, 2.24) is 10.3 Å². The lowest BCUT2D eigenvalue weighted by atomic mass is 9.96. The van der Waals surface area contributed by atoms with E-state index in [9.17, 15) is 4.79 Å². The van der Waals surface area contributed by atoms with Gasteiger partial charge in [0.15, 0.2) is 5.13 Å². The Morgan fingerprint density at radius 1 is 1.21 bits per heavy atom. The molecule has 0 unspecified atom stereocenters. The number of aromatic nitrogens is 1. The average molecular weight is 343 g/mol. The zero-order valence-corrected chi connectivity index (χ0v) is 15.2. The zero-order valence-electron chi connectivity index (χ0n) is 14.4. The molecule has 0 aliphatic heterocycles. The van der Waals surface area contributed by atoms with Gasteiger partial charge in [0.2, 0.25) is 0 Å². The predicted octanol–water partition coefficient (Wildman–Crippen LogP) is 4.43. The summed E-state index contributed by atoms with van der Waals surface area (Å²) in [5, 5.41) is 7.40. The summed E-state index contributed by atoms with van der Waals surface area (Å²) in [6.45, 7) is 4.52. The summed E-state index contributed by atoms with van der Waals surface area (Å²) >= 11 is 1.47. The highest BCUT2D eigenvalue weighted by Crippen LogP contribution is 2.27. The maximum Gasteiger partial charge on any atom is 0.263 e. The van der Waals surface area contributed by atoms with E-state index >= 15 is 0 Å². The molecule has 3 rings (SSSR count). The molecule has 1 aliphatic carbocycles. The van der Waals surface area contributed by atoms with E-state index in [1.807, 2.05) is 25.1 Å². The van der Waals surface area contributed by atoms with Crippen LogP contribution in [0.5, 0.6) is 0 Å². The minimum atomic E-state index is -0.0371. The van der Waals surface area contributed by atoms with Gasteiger partial charge >= 0.3 is 0 Å². The largest absolute Gasteiger partial charge is 0.359 e. The van der Waals surface area contributed by atoms with Crippen LogP contribution in [0.4, 0.5) is 5.13 Å². The predicted molar refractivity (Wildman–Crippen MR) is 99.7 cm³/mol. The van der Waals surface area contributed by atoms with E-state index in [-0.39, 0.29) is 5.91 Å². The Kier molecular flexibility index (Phi) is 5.51. The van der Waals surface area contributed by atoms with Crippen LogP contribution in [0.1, 0.15) is 58.6 Å². The van der Waals surface area contributed by atoms with Crippen LogP contribution in [0.3, 0.4) is 0 Å². The van der Waals surface area contributed by atoms with Gasteiger partial charge in [0, 0.05) is 12.6 Å². The minimum absolute atomic E-state index is 0.0371. The van der Waals surface area contributed by atoms with Gasteiger partial charge in [-0.2, -0.15) is 0 Å². The lowest BCUT2D eigenvalue weighted by Crippen LogP contribution is -2.23. The smallest absolute Gasteiger partial charge is 0.263 e. The molecule has 0 bridgehead atoms. The van der Waals surface area contributed by atoms with Crippen LogP contribution in [-0.4, -0.2) is 16.9 Å². The van der Waals surface area contributed by atoms with E-state index in [1.165, 1.54) is 49.0 Å². The first-order valence-corrected chi connectivity index (χ1v) is 9.52. The standard InChI is InChI=1S/C19H25N3OS/c1-13-8-6-7-9-15(13)12-20-18(23)17-14(2)21-19(24-17)22-16-10-4-3-5-11-16/h6-9,16H,3-5,10-12H2,1-2H3,(H,20,23)(H,21,22). The first-order chi connectivity index (χ1) is 11.6. The Hall–Kier alpha value is -1.88. The van der Waals surface area contributed by atoms with Crippen molar-refractivity contribution in [3.05, 3.63) is 46.0 Å². The summed E-state index contributed by atoms with van der Waals surface area (Å²) in [4.78, 5) is 17.7. The number of aryl methyl sites for hydroxylation is 2. The van der Waals surface area contributed by atoms with Crippen molar-refractivity contribution in [3.8, 4) is 0 Å². The van der Waals surface area contributed by atoms with E-state index < -0.39 is 0 Å². The SMILES string of the molecule is Cc1ccccc1CNC(=O)c1sc(NC2CCCCC2)nc1C. The summed E-state index contributed by atoms with van der Waals surface area (Å²) in [7, 11) is 0. The minimum Gasteiger partial charge on any atom is -0.359 e. The van der Waals surface area contributed by atoms with Crippen molar-refractivity contribution in [1.29, 1.82) is 0 Å². The van der Waals surface area contributed by atoms with Crippen molar-refractivity contribution in [3.63, 3.8) is 0 Å². The van der Waals surface area contributed by atoms with Crippen LogP contribution >= 0.6 is 11.3 Å². The first-order valence-electron chi connectivity index (χ1n) is 8.70. The molecule has 0 saturated heterocycles. The molecule has 1 heterocycles. The maximum absolute atomic E-state index is 12.5. The van der Waals surface area contributed by atoms with Gasteiger partial charge in [-0.3, -0.25) is 4.79 Å². The lowest BCUT2D eigenvalue weighted by molar-refractivity contribution is 0.0954. The molecular formula is C19H25N3OS. The van der Waals surface area contributed by atoms with Crippen LogP contribution in [-0.2, 0) is 6.54 Å². The second kappa shape index (κ2) is 7.79. The Bertz CT molecular complexity index is 704. The summed E-state index contributed by atoms with van der Waals surface area (Å²) in [5.41, 5.74) is 3.15. The van der Waals surface area contributed by atoms with Gasteiger partial charge in [-0.15, -0.1) is 0 Å². The number of hydrogen-bond donors (Lipinski definition) is 2. The van der Waals surface area contributed by atoms with Crippen molar-refractivity contribution >= 4 is 22.4 Å². The molecule has 0 radical (unpaired) electrons. The number of carbonyl (C=O) groups excluding carboxylic acids is 1. The highest BCUT2D eigenvalue weighted by atomic mass is 32.1. The Balaban J connectivity index is 1.61. The number of benzene rings is 1. The summed E-state index contributed by atoms with van der Waals surface area (Å²) < 4.78 is 0. The molecule has 1 saturated carbocycles. The Morgan fingerprint density at radius 3 is 2.71 bits per heavy atom. The topological polar surface area (TPSA) is 54.0 Å². The summed E-state index contributed by atoms with van der Waals surface area (Å²) in [6.07, 6.45) is 6.31. The van der Waals surface area contributed by atoms with Gasteiger partial charge in [0.25, 0.3) is 5.91 Å². The molecule has 0 atom stereocenters. The van der Waals surface area contributed by atoms with E-state index in [0.29, 0.717) is 17.5 Å². The second-order valence-corrected chi connectivity index (χ2v) is 7.52. The second-order valence-electron chi connectivity index (χ2n) is 6.52. The number of nitrogens with one attached hydrogen (secondary N) is 2. The highest BCUT2D eigenvalue weighted by Gasteiger charge is 2.18. The summed E-state index contributed by atoms with van der Waals surface area (Å²) in [5.74, 6) is -0.0371. The summed E-state index contributed by atoms with van der Waals surface area (Å²) in [6, 6.07) is 8.62. The number of hydrogen-bond acceptors (Lipinski definition) is 4. The van der Waals surface area contributed by atoms with Gasteiger partial charge in [-0.05, 0) is 37.8 Å². The number of nitrogens with zero attached hydrogens (tertiary/aromatic N) is 1. The van der Waals surface area contributed by atoms with Crippen molar-refractivity contribution in [2.45, 2.75) is 58.5 Å². The third-order valence-electron chi connectivity index (χ3n) is 4.64. The maximum atomic E-state index is 12.5. The molecule has 1 fully saturated rings. The van der Waals surface area contributed by atoms with E-state index in [4.69, 9.17) is 0 Å². The molecule has 1 aromatic carbocycles. The monoisotopic (exact) mass is 343 g/mol. The van der Waals surface area contributed by atoms with Gasteiger partial charge in [0.1, 0.15) is 4.88 Å². The molecule has 4 nitrogen and oxygen atoms in total. The third-order valence-corrected chi connectivity index (χ3v) is 5.72. The third kappa shape index (κ3) is 4.15. The normalized spacial score (nSPS) is 15.2. The lowest BCUT2D eigenvalue weighted by Gasteiger charge is -2.22. The molecule has 2 N–H and O–H groups in total. The van der Waals surface area contributed by atoms with Crippen molar-refractivity contribution in [2.75, 3.05) is 5.32 Å². The Morgan fingerprint density at radius 2 is 1.96 bits per heavy atom. The van der Waals surface area contributed by atoms with Crippen LogP contribution in [0.2, 0.25) is 0 Å². The van der Waals surface area contributed by atoms with Gasteiger partial charge in [0.05, 0.1) is 5.69 Å². The molecule has 1 amide bonds. The fourth-order valence-corrected chi connectivity index (χ4v) is 4.11. The zero-order chi connectivity index (χ0) is 16.9. The molecule has 2 aromatic rings. The molecular weight excluding hydrogens is 318 g/mol. The fraction of sp³-hybridized carbons (Fsp3) is 0.474. The van der Waals surface area contributed by atoms with Gasteiger partial charge in [-0.1, -0.05) is 54.9 Å². The quantitative estimate of drug-likeness (QED) is 0.844.